The Morgan fingerprint density at radius 3 is 1.97 bits per heavy atom. The zero-order chi connectivity index (χ0) is 20.6. The van der Waals surface area contributed by atoms with Gasteiger partial charge in [0.25, 0.3) is 0 Å². The van der Waals surface area contributed by atoms with Crippen molar-refractivity contribution >= 4 is 0 Å². The number of hydrogen-bond donors (Lipinski definition) is 0. The molecule has 0 atom stereocenters. The second-order valence-corrected chi connectivity index (χ2v) is 7.52. The third-order valence-corrected chi connectivity index (χ3v) is 5.20. The molecule has 0 saturated heterocycles. The van der Waals surface area contributed by atoms with E-state index in [-0.39, 0.29) is 11.6 Å². The molecular formula is C27H28F2. The molecular weight excluding hydrogens is 362 g/mol. The van der Waals surface area contributed by atoms with Gasteiger partial charge in [-0.15, -0.1) is 0 Å². The molecule has 150 valence electrons. The lowest BCUT2D eigenvalue weighted by Gasteiger charge is -2.09. The minimum Gasteiger partial charge on any atom is -0.212 e. The largest absolute Gasteiger partial charge is 0.212 e. The molecule has 3 rings (SSSR count). The molecule has 0 aromatic heterocycles. The third-order valence-electron chi connectivity index (χ3n) is 5.20. The summed E-state index contributed by atoms with van der Waals surface area (Å²) in [4.78, 5) is 0. The molecule has 0 fully saturated rings. The first-order valence-corrected chi connectivity index (χ1v) is 10.4. The van der Waals surface area contributed by atoms with E-state index >= 15 is 0 Å². The van der Waals surface area contributed by atoms with Crippen molar-refractivity contribution in [2.24, 2.45) is 0 Å². The Hall–Kier alpha value is -2.74. The Morgan fingerprint density at radius 2 is 1.38 bits per heavy atom. The summed E-state index contributed by atoms with van der Waals surface area (Å²) in [5, 5.41) is 0. The molecule has 0 bridgehead atoms. The fourth-order valence-corrected chi connectivity index (χ4v) is 3.46. The molecule has 0 aliphatic carbocycles. The summed E-state index contributed by atoms with van der Waals surface area (Å²) < 4.78 is 27.6. The van der Waals surface area contributed by atoms with Gasteiger partial charge in [-0.05, 0) is 66.5 Å². The van der Waals surface area contributed by atoms with Crippen molar-refractivity contribution < 1.29 is 8.78 Å². The van der Waals surface area contributed by atoms with Crippen LogP contribution in [0, 0.1) is 5.82 Å². The van der Waals surface area contributed by atoms with E-state index in [9.17, 15) is 8.78 Å². The molecule has 0 aliphatic heterocycles. The maximum absolute atomic E-state index is 14.8. The average Bonchev–Trinajstić information content (AvgIpc) is 2.73. The lowest BCUT2D eigenvalue weighted by Crippen LogP contribution is -1.89. The zero-order valence-electron chi connectivity index (χ0n) is 17.2. The highest BCUT2D eigenvalue weighted by Gasteiger charge is 2.08. The lowest BCUT2D eigenvalue weighted by molar-refractivity contribution is 0.631. The van der Waals surface area contributed by atoms with Gasteiger partial charge < -0.3 is 0 Å². The zero-order valence-corrected chi connectivity index (χ0v) is 17.2. The van der Waals surface area contributed by atoms with Crippen LogP contribution in [0.3, 0.4) is 0 Å². The van der Waals surface area contributed by atoms with Crippen LogP contribution in [0.2, 0.25) is 0 Å². The molecule has 0 aliphatic rings. The molecule has 0 N–H and O–H groups in total. The molecule has 3 aromatic rings. The van der Waals surface area contributed by atoms with Crippen molar-refractivity contribution in [3.05, 3.63) is 95.6 Å². The van der Waals surface area contributed by atoms with Crippen molar-refractivity contribution in [2.45, 2.75) is 46.0 Å². The van der Waals surface area contributed by atoms with Crippen LogP contribution in [-0.2, 0) is 12.8 Å². The van der Waals surface area contributed by atoms with Gasteiger partial charge in [0.2, 0.25) is 0 Å². The van der Waals surface area contributed by atoms with Crippen LogP contribution in [0.4, 0.5) is 8.78 Å². The van der Waals surface area contributed by atoms with Gasteiger partial charge in [0, 0.05) is 5.56 Å². The Balaban J connectivity index is 1.73. The van der Waals surface area contributed by atoms with Gasteiger partial charge in [0.15, 0.2) is 0 Å². The fraction of sp³-hybridized carbons (Fsp3) is 0.259. The van der Waals surface area contributed by atoms with E-state index < -0.39 is 0 Å². The van der Waals surface area contributed by atoms with Gasteiger partial charge in [0.05, 0.1) is 5.83 Å². The number of allylic oxidation sites excluding steroid dienone is 2. The monoisotopic (exact) mass is 390 g/mol. The predicted octanol–water partition coefficient (Wildman–Crippen LogP) is 8.31. The van der Waals surface area contributed by atoms with Crippen molar-refractivity contribution in [3.63, 3.8) is 0 Å². The van der Waals surface area contributed by atoms with E-state index in [1.165, 1.54) is 25.3 Å². The molecule has 0 heterocycles. The maximum atomic E-state index is 14.8. The molecule has 2 heteroatoms. The Bertz CT molecular complexity index is 947. The summed E-state index contributed by atoms with van der Waals surface area (Å²) in [6, 6.07) is 21.7. The standard InChI is InChI=1S/C27H28F2/c1-3-4-7-21-9-13-23(14-10-21)25-17-18-26(27(29)19-25)24-15-11-22(12-16-24)8-5-6-20(2)28/h6,9-19H,3-5,7-8H2,1-2H3/b20-6-. The highest BCUT2D eigenvalue weighted by Crippen LogP contribution is 2.28. The number of halogens is 2. The van der Waals surface area contributed by atoms with Gasteiger partial charge in [-0.2, -0.15) is 0 Å². The molecule has 29 heavy (non-hydrogen) atoms. The van der Waals surface area contributed by atoms with Gasteiger partial charge >= 0.3 is 0 Å². The molecule has 3 aromatic carbocycles. The first kappa shape index (κ1) is 21.0. The van der Waals surface area contributed by atoms with Crippen molar-refractivity contribution in [3.8, 4) is 22.3 Å². The molecule has 0 spiro atoms. The van der Waals surface area contributed by atoms with Crippen molar-refractivity contribution in [1.82, 2.24) is 0 Å². The fourth-order valence-electron chi connectivity index (χ4n) is 3.46. The molecule has 0 unspecified atom stereocenters. The quantitative estimate of drug-likeness (QED) is 0.363. The van der Waals surface area contributed by atoms with Gasteiger partial charge in [-0.1, -0.05) is 80.1 Å². The van der Waals surface area contributed by atoms with Gasteiger partial charge in [-0.3, -0.25) is 0 Å². The minimum atomic E-state index is -0.221. The molecule has 0 saturated carbocycles. The van der Waals surface area contributed by atoms with Gasteiger partial charge in [-0.25, -0.2) is 8.78 Å². The summed E-state index contributed by atoms with van der Waals surface area (Å²) in [5.41, 5.74) is 5.81. The molecule has 0 amide bonds. The second-order valence-electron chi connectivity index (χ2n) is 7.52. The second kappa shape index (κ2) is 10.2. The number of benzene rings is 3. The summed E-state index contributed by atoms with van der Waals surface area (Å²) in [6.07, 6.45) is 6.49. The van der Waals surface area contributed by atoms with Crippen LogP contribution >= 0.6 is 0 Å². The van der Waals surface area contributed by atoms with E-state index in [2.05, 4.69) is 31.2 Å². The summed E-state index contributed by atoms with van der Waals surface area (Å²) >= 11 is 0. The van der Waals surface area contributed by atoms with Gasteiger partial charge in [0.1, 0.15) is 5.82 Å². The Labute approximate surface area is 172 Å². The predicted molar refractivity (Wildman–Crippen MR) is 119 cm³/mol. The number of hydrogen-bond acceptors (Lipinski definition) is 0. The molecule has 0 radical (unpaired) electrons. The first-order chi connectivity index (χ1) is 14.1. The first-order valence-electron chi connectivity index (χ1n) is 10.4. The normalized spacial score (nSPS) is 11.7. The molecule has 0 nitrogen and oxygen atoms in total. The van der Waals surface area contributed by atoms with E-state index in [0.29, 0.717) is 12.0 Å². The van der Waals surface area contributed by atoms with E-state index in [1.54, 1.807) is 12.1 Å². The van der Waals surface area contributed by atoms with E-state index in [1.807, 2.05) is 36.4 Å². The Morgan fingerprint density at radius 1 is 0.793 bits per heavy atom. The van der Waals surface area contributed by atoms with Crippen LogP contribution in [0.15, 0.2) is 78.6 Å². The highest BCUT2D eigenvalue weighted by molar-refractivity contribution is 5.71. The summed E-state index contributed by atoms with van der Waals surface area (Å²) in [5.74, 6) is -0.374. The maximum Gasteiger partial charge on any atom is 0.131 e. The summed E-state index contributed by atoms with van der Waals surface area (Å²) in [7, 11) is 0. The van der Waals surface area contributed by atoms with Crippen molar-refractivity contribution in [2.75, 3.05) is 0 Å². The van der Waals surface area contributed by atoms with Crippen molar-refractivity contribution in [1.29, 1.82) is 0 Å². The minimum absolute atomic E-state index is 0.153. The third kappa shape index (κ3) is 5.87. The van der Waals surface area contributed by atoms with Crippen LogP contribution in [0.5, 0.6) is 0 Å². The smallest absolute Gasteiger partial charge is 0.131 e. The Kier molecular flexibility index (Phi) is 7.35. The van der Waals surface area contributed by atoms with E-state index in [0.717, 1.165) is 35.1 Å². The summed E-state index contributed by atoms with van der Waals surface area (Å²) in [6.45, 7) is 3.65. The number of rotatable bonds is 8. The van der Waals surface area contributed by atoms with Crippen LogP contribution in [0.1, 0.15) is 44.2 Å². The van der Waals surface area contributed by atoms with Crippen LogP contribution in [-0.4, -0.2) is 0 Å². The topological polar surface area (TPSA) is 0 Å². The lowest BCUT2D eigenvalue weighted by atomic mass is 9.97. The SMILES string of the molecule is CCCCc1ccc(-c2ccc(-c3ccc(CC/C=C(/C)F)cc3)c(F)c2)cc1. The number of aryl methyl sites for hydroxylation is 2. The van der Waals surface area contributed by atoms with Crippen LogP contribution in [0.25, 0.3) is 22.3 Å². The highest BCUT2D eigenvalue weighted by atomic mass is 19.1. The average molecular weight is 391 g/mol. The number of unbranched alkanes of at least 4 members (excludes halogenated alkanes) is 1. The van der Waals surface area contributed by atoms with Crippen LogP contribution < -0.4 is 0 Å². The van der Waals surface area contributed by atoms with E-state index in [4.69, 9.17) is 0 Å².